The highest BCUT2D eigenvalue weighted by Crippen LogP contribution is 2.26. The van der Waals surface area contributed by atoms with E-state index < -0.39 is 0 Å². The first kappa shape index (κ1) is 19.7. The molecule has 3 rings (SSSR count). The van der Waals surface area contributed by atoms with E-state index in [1.54, 1.807) is 0 Å². The number of Topliss-reactive ketones (excluding diaryl/α,β-unsaturated/α-hetero) is 1. The van der Waals surface area contributed by atoms with Crippen LogP contribution in [-0.4, -0.2) is 35.8 Å². The van der Waals surface area contributed by atoms with Crippen LogP contribution in [0.3, 0.4) is 0 Å². The molecule has 1 aliphatic carbocycles. The Morgan fingerprint density at radius 1 is 1.22 bits per heavy atom. The molecule has 27 heavy (non-hydrogen) atoms. The number of ether oxygens (including phenoxy) is 1. The number of amides is 1. The molecule has 0 spiro atoms. The monoisotopic (exact) mass is 369 g/mol. The molecule has 4 nitrogen and oxygen atoms in total. The van der Waals surface area contributed by atoms with Crippen molar-refractivity contribution >= 4 is 11.7 Å². The standard InChI is InChI=1S/C23H31NO3/c1-17(2)27-21-12-6-10-19(15-21)23(26)20-11-7-13-24(16-20)22(25)14-18-8-4-3-5-9-18/h6,8,10,12,15,17,20H,3-5,7,9,11,13-14,16H2,1-2H3. The average Bonchev–Trinajstić information content (AvgIpc) is 2.68. The third-order valence-electron chi connectivity index (χ3n) is 5.40. The van der Waals surface area contributed by atoms with Crippen molar-refractivity contribution in [1.29, 1.82) is 0 Å². The Hall–Kier alpha value is -2.10. The number of rotatable bonds is 6. The number of carbonyl (C=O) groups is 2. The van der Waals surface area contributed by atoms with Crippen LogP contribution in [0.15, 0.2) is 35.9 Å². The summed E-state index contributed by atoms with van der Waals surface area (Å²) in [4.78, 5) is 27.6. The molecule has 0 aromatic heterocycles. The van der Waals surface area contributed by atoms with E-state index in [9.17, 15) is 9.59 Å². The largest absolute Gasteiger partial charge is 0.491 e. The Morgan fingerprint density at radius 2 is 2.07 bits per heavy atom. The van der Waals surface area contributed by atoms with E-state index in [0.29, 0.717) is 18.5 Å². The van der Waals surface area contributed by atoms with Crippen LogP contribution in [-0.2, 0) is 4.79 Å². The molecule has 1 fully saturated rings. The van der Waals surface area contributed by atoms with Crippen molar-refractivity contribution in [3.05, 3.63) is 41.5 Å². The van der Waals surface area contributed by atoms with Crippen molar-refractivity contribution in [3.8, 4) is 5.75 Å². The fourth-order valence-corrected chi connectivity index (χ4v) is 4.02. The number of nitrogens with zero attached hydrogens (tertiary/aromatic N) is 1. The molecule has 146 valence electrons. The minimum absolute atomic E-state index is 0.0761. The number of allylic oxidation sites excluding steroid dienone is 1. The summed E-state index contributed by atoms with van der Waals surface area (Å²) in [5, 5.41) is 0. The fourth-order valence-electron chi connectivity index (χ4n) is 4.02. The van der Waals surface area contributed by atoms with E-state index in [0.717, 1.165) is 38.0 Å². The Bertz CT molecular complexity index is 707. The van der Waals surface area contributed by atoms with Crippen LogP contribution in [0.4, 0.5) is 0 Å². The maximum atomic E-state index is 13.0. The molecule has 2 aliphatic rings. The third kappa shape index (κ3) is 5.44. The van der Waals surface area contributed by atoms with Gasteiger partial charge in [0.05, 0.1) is 6.10 Å². The molecule has 1 aromatic rings. The summed E-state index contributed by atoms with van der Waals surface area (Å²) >= 11 is 0. The van der Waals surface area contributed by atoms with Crippen LogP contribution < -0.4 is 4.74 Å². The number of hydrogen-bond donors (Lipinski definition) is 0. The zero-order chi connectivity index (χ0) is 19.2. The molecule has 1 aliphatic heterocycles. The third-order valence-corrected chi connectivity index (χ3v) is 5.40. The van der Waals surface area contributed by atoms with Gasteiger partial charge in [0, 0.05) is 31.0 Å². The average molecular weight is 370 g/mol. The maximum absolute atomic E-state index is 13.0. The lowest BCUT2D eigenvalue weighted by molar-refractivity contribution is -0.131. The summed E-state index contributed by atoms with van der Waals surface area (Å²) in [7, 11) is 0. The zero-order valence-electron chi connectivity index (χ0n) is 16.6. The van der Waals surface area contributed by atoms with E-state index >= 15 is 0 Å². The van der Waals surface area contributed by atoms with Crippen molar-refractivity contribution < 1.29 is 14.3 Å². The molecule has 0 N–H and O–H groups in total. The second kappa shape index (κ2) is 9.20. The molecule has 1 heterocycles. The maximum Gasteiger partial charge on any atom is 0.226 e. The predicted molar refractivity (Wildman–Crippen MR) is 107 cm³/mol. The van der Waals surface area contributed by atoms with E-state index in [1.807, 2.05) is 43.0 Å². The number of carbonyl (C=O) groups excluding carboxylic acids is 2. The Kier molecular flexibility index (Phi) is 6.70. The van der Waals surface area contributed by atoms with E-state index in [1.165, 1.54) is 18.4 Å². The summed E-state index contributed by atoms with van der Waals surface area (Å²) in [6, 6.07) is 7.43. The topological polar surface area (TPSA) is 46.6 Å². The number of hydrogen-bond acceptors (Lipinski definition) is 3. The second-order valence-electron chi connectivity index (χ2n) is 8.02. The van der Waals surface area contributed by atoms with Crippen LogP contribution in [0.25, 0.3) is 0 Å². The van der Waals surface area contributed by atoms with E-state index in [-0.39, 0.29) is 23.7 Å². The summed E-state index contributed by atoms with van der Waals surface area (Å²) in [6.07, 6.45) is 9.14. The summed E-state index contributed by atoms with van der Waals surface area (Å²) in [5.74, 6) is 0.914. The highest BCUT2D eigenvalue weighted by molar-refractivity contribution is 5.98. The van der Waals surface area contributed by atoms with Gasteiger partial charge in [0.2, 0.25) is 5.91 Å². The van der Waals surface area contributed by atoms with Crippen LogP contribution in [0.2, 0.25) is 0 Å². The first-order valence-electron chi connectivity index (χ1n) is 10.3. The normalized spacial score (nSPS) is 20.3. The molecule has 4 heteroatoms. The Morgan fingerprint density at radius 3 is 2.81 bits per heavy atom. The summed E-state index contributed by atoms with van der Waals surface area (Å²) < 4.78 is 5.71. The Labute approximate surface area is 162 Å². The molecular weight excluding hydrogens is 338 g/mol. The summed E-state index contributed by atoms with van der Waals surface area (Å²) in [6.45, 7) is 5.26. The molecule has 1 atom stereocenters. The molecule has 0 bridgehead atoms. The highest BCUT2D eigenvalue weighted by atomic mass is 16.5. The smallest absolute Gasteiger partial charge is 0.226 e. The lowest BCUT2D eigenvalue weighted by Gasteiger charge is -2.32. The second-order valence-corrected chi connectivity index (χ2v) is 8.02. The number of benzene rings is 1. The number of piperidine rings is 1. The molecule has 1 aromatic carbocycles. The first-order valence-corrected chi connectivity index (χ1v) is 10.3. The van der Waals surface area contributed by atoms with Gasteiger partial charge in [-0.2, -0.15) is 0 Å². The van der Waals surface area contributed by atoms with Gasteiger partial charge >= 0.3 is 0 Å². The van der Waals surface area contributed by atoms with E-state index in [4.69, 9.17) is 4.74 Å². The number of ketones is 1. The zero-order valence-corrected chi connectivity index (χ0v) is 16.6. The molecule has 0 saturated carbocycles. The van der Waals surface area contributed by atoms with Gasteiger partial charge in [-0.15, -0.1) is 0 Å². The fraction of sp³-hybridized carbons (Fsp3) is 0.565. The lowest BCUT2D eigenvalue weighted by Crippen LogP contribution is -2.42. The minimum Gasteiger partial charge on any atom is -0.491 e. The van der Waals surface area contributed by atoms with Crippen LogP contribution in [0.5, 0.6) is 5.75 Å². The van der Waals surface area contributed by atoms with Gasteiger partial charge in [0.15, 0.2) is 5.78 Å². The van der Waals surface area contributed by atoms with Gasteiger partial charge in [-0.3, -0.25) is 9.59 Å². The highest BCUT2D eigenvalue weighted by Gasteiger charge is 2.29. The van der Waals surface area contributed by atoms with Crippen LogP contribution in [0.1, 0.15) is 69.2 Å². The van der Waals surface area contributed by atoms with Crippen molar-refractivity contribution in [2.24, 2.45) is 5.92 Å². The van der Waals surface area contributed by atoms with Gasteiger partial charge in [-0.1, -0.05) is 23.8 Å². The van der Waals surface area contributed by atoms with Crippen molar-refractivity contribution in [1.82, 2.24) is 4.90 Å². The van der Waals surface area contributed by atoms with Crippen LogP contribution in [0, 0.1) is 5.92 Å². The lowest BCUT2D eigenvalue weighted by atomic mass is 9.89. The predicted octanol–water partition coefficient (Wildman–Crippen LogP) is 4.79. The minimum atomic E-state index is -0.114. The Balaban J connectivity index is 1.62. The summed E-state index contributed by atoms with van der Waals surface area (Å²) in [5.41, 5.74) is 1.96. The molecular formula is C23H31NO3. The first-order chi connectivity index (χ1) is 13.0. The van der Waals surface area contributed by atoms with Gasteiger partial charge < -0.3 is 9.64 Å². The van der Waals surface area contributed by atoms with Crippen molar-refractivity contribution in [2.45, 2.75) is 64.9 Å². The SMILES string of the molecule is CC(C)Oc1cccc(C(=O)C2CCCN(C(=O)CC3=CCCCC3)C2)c1. The molecule has 1 unspecified atom stereocenters. The molecule has 1 saturated heterocycles. The van der Waals surface area contributed by atoms with Gasteiger partial charge in [-0.05, 0) is 64.5 Å². The number of likely N-dealkylation sites (tertiary alicyclic amines) is 1. The van der Waals surface area contributed by atoms with Gasteiger partial charge in [0.25, 0.3) is 0 Å². The van der Waals surface area contributed by atoms with E-state index in [2.05, 4.69) is 6.08 Å². The molecule has 1 amide bonds. The van der Waals surface area contributed by atoms with Crippen LogP contribution >= 0.6 is 0 Å². The van der Waals surface area contributed by atoms with Crippen molar-refractivity contribution in [3.63, 3.8) is 0 Å². The van der Waals surface area contributed by atoms with Gasteiger partial charge in [-0.25, -0.2) is 0 Å². The van der Waals surface area contributed by atoms with Gasteiger partial charge in [0.1, 0.15) is 5.75 Å². The van der Waals surface area contributed by atoms with Crippen molar-refractivity contribution in [2.75, 3.05) is 13.1 Å². The molecule has 0 radical (unpaired) electrons. The quantitative estimate of drug-likeness (QED) is 0.535.